The lowest BCUT2D eigenvalue weighted by molar-refractivity contribution is 0.00480. The van der Waals surface area contributed by atoms with Gasteiger partial charge < -0.3 is 18.9 Å². The van der Waals surface area contributed by atoms with Gasteiger partial charge in [-0.2, -0.15) is 8.42 Å². The molecule has 8 nitrogen and oxygen atoms in total. The Balaban J connectivity index is 1.78. The van der Waals surface area contributed by atoms with Crippen LogP contribution >= 0.6 is 0 Å². The lowest BCUT2D eigenvalue weighted by Crippen LogP contribution is -2.14. The molecule has 132 valence electrons. The van der Waals surface area contributed by atoms with Crippen LogP contribution in [0.15, 0.2) is 30.3 Å². The summed E-state index contributed by atoms with van der Waals surface area (Å²) < 4.78 is 53.9. The van der Waals surface area contributed by atoms with Crippen molar-refractivity contribution in [2.45, 2.75) is 0 Å². The minimum atomic E-state index is -4.39. The first-order chi connectivity index (χ1) is 11.1. The first kappa shape index (κ1) is 19.8. The van der Waals surface area contributed by atoms with E-state index in [4.69, 9.17) is 23.5 Å². The summed E-state index contributed by atoms with van der Waals surface area (Å²) in [6.45, 7) is 2.30. The molecule has 0 aliphatic rings. The molecule has 23 heavy (non-hydrogen) atoms. The third-order valence-electron chi connectivity index (χ3n) is 2.44. The van der Waals surface area contributed by atoms with Gasteiger partial charge >= 0.3 is 10.4 Å². The van der Waals surface area contributed by atoms with Crippen molar-refractivity contribution in [2.24, 2.45) is 0 Å². The molecule has 1 aromatic carbocycles. The maximum absolute atomic E-state index is 10.2. The van der Waals surface area contributed by atoms with Crippen molar-refractivity contribution in [1.29, 1.82) is 0 Å². The van der Waals surface area contributed by atoms with Crippen LogP contribution < -0.4 is 4.74 Å². The van der Waals surface area contributed by atoms with Crippen molar-refractivity contribution < 1.29 is 36.1 Å². The molecule has 0 heterocycles. The number of hydrogen-bond donors (Lipinski definition) is 1. The smallest absolute Gasteiger partial charge is 0.397 e. The standard InChI is InChI=1S/C14H22O8S/c15-23(16,17)22-13-11-20-9-7-18-6-8-19-10-12-21-14-4-2-1-3-5-14/h1-5H,6-13H2,(H,15,16,17). The van der Waals surface area contributed by atoms with E-state index in [1.54, 1.807) is 0 Å². The molecule has 0 amide bonds. The molecule has 0 radical (unpaired) electrons. The molecular formula is C14H22O8S. The second kappa shape index (κ2) is 12.2. The Morgan fingerprint density at radius 2 is 1.22 bits per heavy atom. The summed E-state index contributed by atoms with van der Waals surface area (Å²) in [4.78, 5) is 0. The third-order valence-corrected chi connectivity index (χ3v) is 2.91. The summed E-state index contributed by atoms with van der Waals surface area (Å²) in [6, 6.07) is 9.49. The Bertz CT molecular complexity index is 491. The van der Waals surface area contributed by atoms with Crippen LogP contribution in [-0.4, -0.2) is 65.8 Å². The van der Waals surface area contributed by atoms with Gasteiger partial charge in [0.25, 0.3) is 0 Å². The van der Waals surface area contributed by atoms with Gasteiger partial charge in [-0.3, -0.25) is 4.55 Å². The summed E-state index contributed by atoms with van der Waals surface area (Å²) in [5, 5.41) is 0. The van der Waals surface area contributed by atoms with Crippen molar-refractivity contribution in [3.05, 3.63) is 30.3 Å². The van der Waals surface area contributed by atoms with Crippen molar-refractivity contribution in [3.63, 3.8) is 0 Å². The number of benzene rings is 1. The van der Waals surface area contributed by atoms with Crippen molar-refractivity contribution in [3.8, 4) is 5.75 Å². The topological polar surface area (TPSA) is 101 Å². The van der Waals surface area contributed by atoms with Gasteiger partial charge in [-0.05, 0) is 12.1 Å². The molecule has 0 saturated carbocycles. The van der Waals surface area contributed by atoms with E-state index in [1.165, 1.54) is 0 Å². The molecule has 1 N–H and O–H groups in total. The molecule has 1 aromatic rings. The fourth-order valence-corrected chi connectivity index (χ4v) is 1.75. The highest BCUT2D eigenvalue weighted by Gasteiger charge is 2.02. The quantitative estimate of drug-likeness (QED) is 0.391. The van der Waals surface area contributed by atoms with E-state index in [0.717, 1.165) is 5.75 Å². The maximum Gasteiger partial charge on any atom is 0.397 e. The van der Waals surface area contributed by atoms with E-state index in [0.29, 0.717) is 39.6 Å². The van der Waals surface area contributed by atoms with Crippen LogP contribution in [0.1, 0.15) is 0 Å². The largest absolute Gasteiger partial charge is 0.491 e. The van der Waals surface area contributed by atoms with Crippen LogP contribution in [-0.2, 0) is 28.8 Å². The first-order valence-corrected chi connectivity index (χ1v) is 8.47. The monoisotopic (exact) mass is 350 g/mol. The number of ether oxygens (including phenoxy) is 4. The van der Waals surface area contributed by atoms with Crippen molar-refractivity contribution in [1.82, 2.24) is 0 Å². The van der Waals surface area contributed by atoms with Gasteiger partial charge in [-0.25, -0.2) is 4.18 Å². The van der Waals surface area contributed by atoms with Crippen LogP contribution in [0.3, 0.4) is 0 Å². The van der Waals surface area contributed by atoms with E-state index < -0.39 is 10.4 Å². The lowest BCUT2D eigenvalue weighted by Gasteiger charge is -2.08. The van der Waals surface area contributed by atoms with Crippen molar-refractivity contribution in [2.75, 3.05) is 52.9 Å². The molecule has 0 spiro atoms. The molecule has 0 aromatic heterocycles. The molecule has 9 heteroatoms. The molecule has 0 unspecified atom stereocenters. The zero-order chi connectivity index (χ0) is 16.8. The average molecular weight is 350 g/mol. The highest BCUT2D eigenvalue weighted by molar-refractivity contribution is 7.80. The van der Waals surface area contributed by atoms with Gasteiger partial charge in [0.2, 0.25) is 0 Å². The van der Waals surface area contributed by atoms with Gasteiger partial charge in [0.15, 0.2) is 0 Å². The van der Waals surface area contributed by atoms with E-state index in [9.17, 15) is 8.42 Å². The number of hydrogen-bond acceptors (Lipinski definition) is 7. The summed E-state index contributed by atoms with van der Waals surface area (Å²) in [7, 11) is -4.39. The fourth-order valence-electron chi connectivity index (χ4n) is 1.48. The van der Waals surface area contributed by atoms with Gasteiger partial charge in [0, 0.05) is 0 Å². The molecule has 0 aliphatic carbocycles. The minimum absolute atomic E-state index is 0.0521. The maximum atomic E-state index is 10.2. The Morgan fingerprint density at radius 1 is 0.739 bits per heavy atom. The summed E-state index contributed by atoms with van der Waals surface area (Å²) in [5.74, 6) is 0.808. The van der Waals surface area contributed by atoms with E-state index >= 15 is 0 Å². The number of rotatable bonds is 14. The second-order valence-electron chi connectivity index (χ2n) is 4.25. The first-order valence-electron chi connectivity index (χ1n) is 7.11. The highest BCUT2D eigenvalue weighted by atomic mass is 32.3. The van der Waals surface area contributed by atoms with E-state index in [-0.39, 0.29) is 13.2 Å². The Kier molecular flexibility index (Phi) is 10.5. The predicted octanol–water partition coefficient (Wildman–Crippen LogP) is 0.935. The molecule has 0 saturated heterocycles. The van der Waals surface area contributed by atoms with Crippen LogP contribution in [0.25, 0.3) is 0 Å². The van der Waals surface area contributed by atoms with Crippen LogP contribution in [0.2, 0.25) is 0 Å². The molecule has 1 rings (SSSR count). The molecule has 0 atom stereocenters. The SMILES string of the molecule is O=S(=O)(O)OCCOCCOCCOCCOc1ccccc1. The van der Waals surface area contributed by atoms with Crippen LogP contribution in [0.4, 0.5) is 0 Å². The summed E-state index contributed by atoms with van der Waals surface area (Å²) in [6.07, 6.45) is 0. The third kappa shape index (κ3) is 13.0. The zero-order valence-corrected chi connectivity index (χ0v) is 13.6. The fraction of sp³-hybridized carbons (Fsp3) is 0.571. The summed E-state index contributed by atoms with van der Waals surface area (Å²) in [5.41, 5.74) is 0. The predicted molar refractivity (Wildman–Crippen MR) is 81.9 cm³/mol. The molecule has 0 aliphatic heterocycles. The molecule has 0 bridgehead atoms. The zero-order valence-electron chi connectivity index (χ0n) is 12.8. The van der Waals surface area contributed by atoms with Gasteiger partial charge in [0.1, 0.15) is 12.4 Å². The van der Waals surface area contributed by atoms with Crippen LogP contribution in [0.5, 0.6) is 5.75 Å². The van der Waals surface area contributed by atoms with E-state index in [1.807, 2.05) is 30.3 Å². The van der Waals surface area contributed by atoms with Gasteiger partial charge in [-0.15, -0.1) is 0 Å². The molecule has 0 fully saturated rings. The Hall–Kier alpha value is -1.23. The van der Waals surface area contributed by atoms with E-state index in [2.05, 4.69) is 4.18 Å². The summed E-state index contributed by atoms with van der Waals surface area (Å²) >= 11 is 0. The lowest BCUT2D eigenvalue weighted by atomic mass is 10.3. The van der Waals surface area contributed by atoms with Gasteiger partial charge in [0.05, 0.1) is 46.2 Å². The highest BCUT2D eigenvalue weighted by Crippen LogP contribution is 2.07. The van der Waals surface area contributed by atoms with Gasteiger partial charge in [-0.1, -0.05) is 18.2 Å². The van der Waals surface area contributed by atoms with Crippen molar-refractivity contribution >= 4 is 10.4 Å². The van der Waals surface area contributed by atoms with Crippen LogP contribution in [0, 0.1) is 0 Å². The Labute approximate surface area is 136 Å². The minimum Gasteiger partial charge on any atom is -0.491 e. The Morgan fingerprint density at radius 3 is 1.74 bits per heavy atom. The number of para-hydroxylation sites is 1. The molecular weight excluding hydrogens is 328 g/mol. The average Bonchev–Trinajstić information content (AvgIpc) is 2.52. The normalized spacial score (nSPS) is 11.5. The second-order valence-corrected chi connectivity index (χ2v) is 5.34.